The fourth-order valence-electron chi connectivity index (χ4n) is 1.91. The van der Waals surface area contributed by atoms with E-state index in [0.717, 1.165) is 25.0 Å². The molecule has 1 fully saturated rings. The highest BCUT2D eigenvalue weighted by Crippen LogP contribution is 2.34. The third-order valence-corrected chi connectivity index (χ3v) is 5.15. The summed E-state index contributed by atoms with van der Waals surface area (Å²) in [7, 11) is -3.81. The van der Waals surface area contributed by atoms with Crippen molar-refractivity contribution in [1.29, 1.82) is 0 Å². The molecule has 1 aliphatic heterocycles. The monoisotopic (exact) mass is 372 g/mol. The molecular formula is C11H12BrF3N2O2S. The highest BCUT2D eigenvalue weighted by atomic mass is 79.9. The first-order valence-corrected chi connectivity index (χ1v) is 8.08. The third-order valence-electron chi connectivity index (χ3n) is 2.94. The van der Waals surface area contributed by atoms with Gasteiger partial charge in [0.1, 0.15) is 0 Å². The number of hydrogen-bond donors (Lipinski definition) is 1. The van der Waals surface area contributed by atoms with Crippen molar-refractivity contribution in [2.24, 2.45) is 0 Å². The maximum atomic E-state index is 12.6. The number of anilines is 1. The van der Waals surface area contributed by atoms with E-state index in [9.17, 15) is 21.6 Å². The van der Waals surface area contributed by atoms with Crippen LogP contribution in [-0.4, -0.2) is 25.8 Å². The zero-order valence-electron chi connectivity index (χ0n) is 10.2. The van der Waals surface area contributed by atoms with Crippen molar-refractivity contribution in [1.82, 2.24) is 4.31 Å². The van der Waals surface area contributed by atoms with Gasteiger partial charge in [-0.2, -0.15) is 25.9 Å². The van der Waals surface area contributed by atoms with E-state index in [2.05, 4.69) is 20.7 Å². The van der Waals surface area contributed by atoms with Crippen LogP contribution in [0.3, 0.4) is 0 Å². The lowest BCUT2D eigenvalue weighted by molar-refractivity contribution is -0.137. The Kier molecular flexibility index (Phi) is 4.31. The number of nitrogens with one attached hydrogen (secondary N) is 1. The van der Waals surface area contributed by atoms with Crippen molar-refractivity contribution in [3.8, 4) is 0 Å². The molecule has 112 valence electrons. The van der Waals surface area contributed by atoms with Gasteiger partial charge in [0, 0.05) is 17.6 Å². The Morgan fingerprint density at radius 2 is 1.80 bits per heavy atom. The van der Waals surface area contributed by atoms with Gasteiger partial charge in [-0.05, 0) is 47.0 Å². The molecule has 1 aliphatic rings. The quantitative estimate of drug-likeness (QED) is 0.885. The van der Waals surface area contributed by atoms with Gasteiger partial charge in [0.2, 0.25) is 0 Å². The molecule has 0 saturated carbocycles. The van der Waals surface area contributed by atoms with Crippen molar-refractivity contribution < 1.29 is 21.6 Å². The van der Waals surface area contributed by atoms with Crippen LogP contribution in [0.25, 0.3) is 0 Å². The van der Waals surface area contributed by atoms with E-state index in [4.69, 9.17) is 0 Å². The Morgan fingerprint density at radius 1 is 1.20 bits per heavy atom. The minimum Gasteiger partial charge on any atom is -0.270 e. The van der Waals surface area contributed by atoms with Crippen LogP contribution in [0, 0.1) is 0 Å². The molecule has 0 aliphatic carbocycles. The lowest BCUT2D eigenvalue weighted by atomic mass is 10.2. The van der Waals surface area contributed by atoms with E-state index in [1.807, 2.05) is 0 Å². The molecule has 1 aromatic carbocycles. The topological polar surface area (TPSA) is 49.4 Å². The van der Waals surface area contributed by atoms with Gasteiger partial charge in [0.15, 0.2) is 0 Å². The lowest BCUT2D eigenvalue weighted by Gasteiger charge is -2.18. The predicted octanol–water partition coefficient (Wildman–Crippen LogP) is 3.22. The van der Waals surface area contributed by atoms with Gasteiger partial charge in [-0.15, -0.1) is 0 Å². The maximum Gasteiger partial charge on any atom is 0.416 e. The maximum absolute atomic E-state index is 12.6. The molecule has 0 unspecified atom stereocenters. The number of nitrogens with zero attached hydrogens (tertiary/aromatic N) is 1. The second-order valence-corrected chi connectivity index (χ2v) is 6.93. The summed E-state index contributed by atoms with van der Waals surface area (Å²) < 4.78 is 65.6. The molecule has 20 heavy (non-hydrogen) atoms. The zero-order chi connectivity index (χ0) is 15.0. The number of hydrogen-bond acceptors (Lipinski definition) is 2. The van der Waals surface area contributed by atoms with Gasteiger partial charge in [-0.1, -0.05) is 0 Å². The van der Waals surface area contributed by atoms with Crippen molar-refractivity contribution >= 4 is 31.8 Å². The van der Waals surface area contributed by atoms with Gasteiger partial charge in [0.25, 0.3) is 0 Å². The molecule has 0 bridgehead atoms. The fraction of sp³-hybridized carbons (Fsp3) is 0.455. The molecule has 0 aromatic heterocycles. The second kappa shape index (κ2) is 5.53. The lowest BCUT2D eigenvalue weighted by Crippen LogP contribution is -2.33. The van der Waals surface area contributed by atoms with Gasteiger partial charge in [0.05, 0.1) is 11.3 Å². The van der Waals surface area contributed by atoms with E-state index >= 15 is 0 Å². The zero-order valence-corrected chi connectivity index (χ0v) is 12.6. The molecule has 0 amide bonds. The fourth-order valence-corrected chi connectivity index (χ4v) is 3.70. The van der Waals surface area contributed by atoms with E-state index < -0.39 is 21.9 Å². The van der Waals surface area contributed by atoms with Crippen LogP contribution in [0.5, 0.6) is 0 Å². The van der Waals surface area contributed by atoms with Crippen LogP contribution < -0.4 is 4.72 Å². The first kappa shape index (κ1) is 15.6. The van der Waals surface area contributed by atoms with Crippen molar-refractivity contribution in [3.05, 3.63) is 28.2 Å². The summed E-state index contributed by atoms with van der Waals surface area (Å²) in [5.74, 6) is 0. The number of benzene rings is 1. The average Bonchev–Trinajstić information content (AvgIpc) is 2.84. The predicted molar refractivity (Wildman–Crippen MR) is 72.5 cm³/mol. The summed E-state index contributed by atoms with van der Waals surface area (Å²) in [6.45, 7) is 0.762. The number of halogens is 4. The van der Waals surface area contributed by atoms with E-state index in [0.29, 0.717) is 13.1 Å². The van der Waals surface area contributed by atoms with E-state index in [-0.39, 0.29) is 10.2 Å². The van der Waals surface area contributed by atoms with Crippen molar-refractivity contribution in [3.63, 3.8) is 0 Å². The van der Waals surface area contributed by atoms with Crippen LogP contribution in [0.15, 0.2) is 22.7 Å². The molecule has 9 heteroatoms. The van der Waals surface area contributed by atoms with E-state index in [1.54, 1.807) is 0 Å². The van der Waals surface area contributed by atoms with Gasteiger partial charge in [-0.3, -0.25) is 4.72 Å². The minimum atomic E-state index is -4.52. The Labute approximate surface area is 123 Å². The summed E-state index contributed by atoms with van der Waals surface area (Å²) in [4.78, 5) is 0. The number of alkyl halides is 3. The Bertz CT molecular complexity index is 598. The molecular weight excluding hydrogens is 361 g/mol. The van der Waals surface area contributed by atoms with Crippen LogP contribution >= 0.6 is 15.9 Å². The highest BCUT2D eigenvalue weighted by Gasteiger charge is 2.32. The number of rotatable bonds is 3. The third kappa shape index (κ3) is 3.44. The summed E-state index contributed by atoms with van der Waals surface area (Å²) in [6.07, 6.45) is -3.01. The summed E-state index contributed by atoms with van der Waals surface area (Å²) >= 11 is 3.05. The van der Waals surface area contributed by atoms with Gasteiger partial charge < -0.3 is 0 Å². The smallest absolute Gasteiger partial charge is 0.270 e. The summed E-state index contributed by atoms with van der Waals surface area (Å²) in [6, 6.07) is 2.83. The highest BCUT2D eigenvalue weighted by molar-refractivity contribution is 9.10. The molecule has 1 aromatic rings. The van der Waals surface area contributed by atoms with Crippen LogP contribution in [-0.2, 0) is 16.4 Å². The SMILES string of the molecule is O=S(=O)(Nc1cc(C(F)(F)F)ccc1Br)N1CCCC1. The largest absolute Gasteiger partial charge is 0.416 e. The second-order valence-electron chi connectivity index (χ2n) is 4.41. The molecule has 2 rings (SSSR count). The average molecular weight is 373 g/mol. The normalized spacial score (nSPS) is 17.4. The molecule has 0 spiro atoms. The molecule has 0 radical (unpaired) electrons. The standard InChI is InChI=1S/C11H12BrF3N2O2S/c12-9-4-3-8(11(13,14)15)7-10(9)16-20(18,19)17-5-1-2-6-17/h3-4,7,16H,1-2,5-6H2. The van der Waals surface area contributed by atoms with Gasteiger partial charge >= 0.3 is 16.4 Å². The van der Waals surface area contributed by atoms with Crippen LogP contribution in [0.2, 0.25) is 0 Å². The van der Waals surface area contributed by atoms with E-state index in [1.165, 1.54) is 10.4 Å². The Balaban J connectivity index is 2.29. The Morgan fingerprint density at radius 3 is 2.35 bits per heavy atom. The molecule has 1 heterocycles. The minimum absolute atomic E-state index is 0.119. The van der Waals surface area contributed by atoms with Crippen LogP contribution in [0.1, 0.15) is 18.4 Å². The molecule has 1 saturated heterocycles. The molecule has 4 nitrogen and oxygen atoms in total. The first-order valence-electron chi connectivity index (χ1n) is 5.85. The summed E-state index contributed by atoms with van der Waals surface area (Å²) in [5, 5.41) is 0. The molecule has 1 N–H and O–H groups in total. The first-order chi connectivity index (χ1) is 9.20. The molecule has 0 atom stereocenters. The Hall–Kier alpha value is -0.800. The van der Waals surface area contributed by atoms with Crippen molar-refractivity contribution in [2.75, 3.05) is 17.8 Å². The summed E-state index contributed by atoms with van der Waals surface area (Å²) in [5.41, 5.74) is -1.02. The van der Waals surface area contributed by atoms with Crippen LogP contribution in [0.4, 0.5) is 18.9 Å². The van der Waals surface area contributed by atoms with Gasteiger partial charge in [-0.25, -0.2) is 0 Å². The van der Waals surface area contributed by atoms with Crippen molar-refractivity contribution in [2.45, 2.75) is 19.0 Å².